The van der Waals surface area contributed by atoms with Crippen LogP contribution in [0.3, 0.4) is 0 Å². The molecule has 98 valence electrons. The molecule has 0 fully saturated rings. The van der Waals surface area contributed by atoms with Crippen molar-refractivity contribution in [2.24, 2.45) is 5.92 Å². The molecule has 0 bridgehead atoms. The van der Waals surface area contributed by atoms with E-state index in [4.69, 9.17) is 0 Å². The van der Waals surface area contributed by atoms with E-state index in [2.05, 4.69) is 13.8 Å². The molecule has 0 saturated heterocycles. The van der Waals surface area contributed by atoms with E-state index in [1.807, 2.05) is 21.1 Å². The first-order chi connectivity index (χ1) is 6.93. The number of likely N-dealkylation sites (N-methyl/N-ethyl adjacent to an activating group) is 1. The molecule has 0 aliphatic carbocycles. The first-order valence-corrected chi connectivity index (χ1v) is 8.01. The zero-order chi connectivity index (χ0) is 13.1. The van der Waals surface area contributed by atoms with Gasteiger partial charge >= 0.3 is 0 Å². The quantitative estimate of drug-likeness (QED) is 0.554. The first kappa shape index (κ1) is 16.1. The summed E-state index contributed by atoms with van der Waals surface area (Å²) in [6.45, 7) is 5.50. The van der Waals surface area contributed by atoms with E-state index in [0.717, 1.165) is 6.42 Å². The zero-order valence-electron chi connectivity index (χ0n) is 11.3. The number of hydrogen-bond donors (Lipinski definition) is 2. The minimum Gasteiger partial charge on any atom is -0.386 e. The van der Waals surface area contributed by atoms with Gasteiger partial charge in [-0.05, 0) is 5.92 Å². The molecule has 0 saturated carbocycles. The SMILES string of the molecule is CC(C)C[C@H]([C@H](O)CP(C)(=O)O)[N+](C)(C)C. The van der Waals surface area contributed by atoms with Crippen molar-refractivity contribution in [1.29, 1.82) is 0 Å². The molecular weight excluding hydrogens is 225 g/mol. The minimum absolute atomic E-state index is 0.000394. The van der Waals surface area contributed by atoms with Gasteiger partial charge in [0, 0.05) is 13.1 Å². The smallest absolute Gasteiger partial charge is 0.200 e. The van der Waals surface area contributed by atoms with Crippen LogP contribution >= 0.6 is 7.37 Å². The van der Waals surface area contributed by atoms with Crippen LogP contribution < -0.4 is 0 Å². The van der Waals surface area contributed by atoms with Crippen LogP contribution in [0.2, 0.25) is 0 Å². The number of rotatable bonds is 6. The zero-order valence-corrected chi connectivity index (χ0v) is 12.2. The highest BCUT2D eigenvalue weighted by atomic mass is 31.2. The summed E-state index contributed by atoms with van der Waals surface area (Å²) in [5.74, 6) is 0.465. The standard InChI is InChI=1S/C11H26NO3P/c1-9(2)7-10(12(3,4)5)11(13)8-16(6,14)15/h9-11,13H,7-8H2,1-6H3/p+1/t10-,11-/m1/s1. The highest BCUT2D eigenvalue weighted by Gasteiger charge is 2.34. The topological polar surface area (TPSA) is 57.5 Å². The molecule has 0 rings (SSSR count). The van der Waals surface area contributed by atoms with Crippen molar-refractivity contribution in [3.63, 3.8) is 0 Å². The number of nitrogens with zero attached hydrogens (tertiary/aromatic N) is 1. The van der Waals surface area contributed by atoms with E-state index in [9.17, 15) is 14.6 Å². The maximum absolute atomic E-state index is 11.3. The van der Waals surface area contributed by atoms with Crippen molar-refractivity contribution >= 4 is 7.37 Å². The lowest BCUT2D eigenvalue weighted by Gasteiger charge is -2.38. The Morgan fingerprint density at radius 3 is 1.94 bits per heavy atom. The molecule has 5 heteroatoms. The van der Waals surface area contributed by atoms with Gasteiger partial charge in [-0.25, -0.2) is 0 Å². The molecule has 0 aromatic carbocycles. The third kappa shape index (κ3) is 6.64. The van der Waals surface area contributed by atoms with Gasteiger partial charge in [-0.15, -0.1) is 0 Å². The summed E-state index contributed by atoms with van der Waals surface area (Å²) in [5, 5.41) is 10.1. The summed E-state index contributed by atoms with van der Waals surface area (Å²) in [5.41, 5.74) is 0. The summed E-state index contributed by atoms with van der Waals surface area (Å²) < 4.78 is 11.9. The Morgan fingerprint density at radius 1 is 1.25 bits per heavy atom. The number of aliphatic hydroxyl groups excluding tert-OH is 1. The molecule has 0 aromatic heterocycles. The van der Waals surface area contributed by atoms with Gasteiger partial charge in [0.25, 0.3) is 0 Å². The molecule has 0 spiro atoms. The van der Waals surface area contributed by atoms with E-state index in [1.54, 1.807) is 0 Å². The van der Waals surface area contributed by atoms with Gasteiger partial charge in [0.1, 0.15) is 12.1 Å². The largest absolute Gasteiger partial charge is 0.386 e. The molecule has 2 N–H and O–H groups in total. The Labute approximate surface area is 99.3 Å². The lowest BCUT2D eigenvalue weighted by atomic mass is 9.97. The number of hydrogen-bond acceptors (Lipinski definition) is 2. The Hall–Kier alpha value is 0.110. The normalized spacial score (nSPS) is 20.6. The van der Waals surface area contributed by atoms with Crippen LogP contribution in [0, 0.1) is 5.92 Å². The Bertz CT molecular complexity index is 254. The molecule has 0 heterocycles. The maximum atomic E-state index is 11.3. The van der Waals surface area contributed by atoms with Crippen molar-refractivity contribution in [1.82, 2.24) is 0 Å². The monoisotopic (exact) mass is 252 g/mol. The van der Waals surface area contributed by atoms with E-state index >= 15 is 0 Å². The van der Waals surface area contributed by atoms with Crippen LogP contribution in [0.15, 0.2) is 0 Å². The minimum atomic E-state index is -3.15. The van der Waals surface area contributed by atoms with Gasteiger partial charge < -0.3 is 14.5 Å². The molecule has 0 aliphatic rings. The van der Waals surface area contributed by atoms with Gasteiger partial charge in [-0.1, -0.05) is 13.8 Å². The Balaban J connectivity index is 4.70. The molecule has 0 aromatic rings. The van der Waals surface area contributed by atoms with Crippen LogP contribution in [0.5, 0.6) is 0 Å². The van der Waals surface area contributed by atoms with E-state index in [1.165, 1.54) is 6.66 Å². The third-order valence-electron chi connectivity index (χ3n) is 2.68. The van der Waals surface area contributed by atoms with E-state index < -0.39 is 13.5 Å². The van der Waals surface area contributed by atoms with Crippen LogP contribution in [-0.4, -0.2) is 60.6 Å². The summed E-state index contributed by atoms with van der Waals surface area (Å²) in [7, 11) is 2.88. The second-order valence-corrected chi connectivity index (χ2v) is 8.58. The molecule has 4 nitrogen and oxygen atoms in total. The van der Waals surface area contributed by atoms with E-state index in [-0.39, 0.29) is 12.2 Å². The van der Waals surface area contributed by atoms with Crippen LogP contribution in [0.25, 0.3) is 0 Å². The molecule has 1 unspecified atom stereocenters. The van der Waals surface area contributed by atoms with Crippen molar-refractivity contribution in [3.05, 3.63) is 0 Å². The molecule has 0 radical (unpaired) electrons. The predicted octanol–water partition coefficient (Wildman–Crippen LogP) is 1.37. The average molecular weight is 252 g/mol. The lowest BCUT2D eigenvalue weighted by Crippen LogP contribution is -2.53. The average Bonchev–Trinajstić information content (AvgIpc) is 1.93. The second kappa shape index (κ2) is 5.63. The summed E-state index contributed by atoms with van der Waals surface area (Å²) in [4.78, 5) is 9.33. The van der Waals surface area contributed by atoms with Gasteiger partial charge in [-0.3, -0.25) is 4.57 Å². The van der Waals surface area contributed by atoms with Crippen LogP contribution in [0.4, 0.5) is 0 Å². The summed E-state index contributed by atoms with van der Waals surface area (Å²) in [6.07, 6.45) is 0.119. The Kier molecular flexibility index (Phi) is 5.67. The fourth-order valence-electron chi connectivity index (χ4n) is 1.94. The molecule has 0 amide bonds. The fraction of sp³-hybridized carbons (Fsp3) is 1.00. The van der Waals surface area contributed by atoms with Gasteiger partial charge in [0.05, 0.1) is 27.3 Å². The molecule has 16 heavy (non-hydrogen) atoms. The lowest BCUT2D eigenvalue weighted by molar-refractivity contribution is -0.900. The van der Waals surface area contributed by atoms with Crippen molar-refractivity contribution in [2.75, 3.05) is 34.0 Å². The number of quaternary nitrogens is 1. The second-order valence-electron chi connectivity index (χ2n) is 6.11. The van der Waals surface area contributed by atoms with Crippen molar-refractivity contribution < 1.29 is 19.0 Å². The summed E-state index contributed by atoms with van der Waals surface area (Å²) in [6, 6.07) is 0.000394. The highest BCUT2D eigenvalue weighted by Crippen LogP contribution is 2.37. The van der Waals surface area contributed by atoms with Crippen molar-refractivity contribution in [3.8, 4) is 0 Å². The first-order valence-electron chi connectivity index (χ1n) is 5.72. The van der Waals surface area contributed by atoms with Gasteiger partial charge in [-0.2, -0.15) is 0 Å². The molecular formula is C11H27NO3P+. The van der Waals surface area contributed by atoms with Crippen LogP contribution in [0.1, 0.15) is 20.3 Å². The highest BCUT2D eigenvalue weighted by molar-refractivity contribution is 7.57. The number of aliphatic hydroxyl groups is 1. The summed E-state index contributed by atoms with van der Waals surface area (Å²) >= 11 is 0. The Morgan fingerprint density at radius 2 is 1.69 bits per heavy atom. The molecule has 3 atom stereocenters. The van der Waals surface area contributed by atoms with Gasteiger partial charge in [0.2, 0.25) is 0 Å². The van der Waals surface area contributed by atoms with E-state index in [0.29, 0.717) is 10.4 Å². The van der Waals surface area contributed by atoms with Crippen LogP contribution in [-0.2, 0) is 4.57 Å². The fourth-order valence-corrected chi connectivity index (χ4v) is 2.88. The predicted molar refractivity (Wildman–Crippen MR) is 67.9 cm³/mol. The van der Waals surface area contributed by atoms with Crippen molar-refractivity contribution in [2.45, 2.75) is 32.4 Å². The van der Waals surface area contributed by atoms with Gasteiger partial charge in [0.15, 0.2) is 7.37 Å². The third-order valence-corrected chi connectivity index (χ3v) is 3.73. The maximum Gasteiger partial charge on any atom is 0.200 e. The molecule has 0 aliphatic heterocycles.